The second kappa shape index (κ2) is 12.3. The van der Waals surface area contributed by atoms with Gasteiger partial charge in [0.15, 0.2) is 17.8 Å². The van der Waals surface area contributed by atoms with Crippen LogP contribution in [0, 0.1) is 0 Å². The van der Waals surface area contributed by atoms with Crippen molar-refractivity contribution in [1.82, 2.24) is 19.7 Å². The summed E-state index contributed by atoms with van der Waals surface area (Å²) in [5.74, 6) is -1.10. The number of rotatable bonds is 12. The SMILES string of the molecule is C/C=C(/COP(=O)(O)CP(=O)(O)O)[C@@H](O)[C@@H](O)[C@@H](O)n1ncc2c(N[C@@H](C)c3ccccc3)nc(Cl)nc21. The van der Waals surface area contributed by atoms with Gasteiger partial charge < -0.3 is 39.8 Å². The van der Waals surface area contributed by atoms with Crippen molar-refractivity contribution in [3.05, 3.63) is 59.0 Å². The highest BCUT2D eigenvalue weighted by atomic mass is 35.5. The Balaban J connectivity index is 1.80. The molecule has 0 aliphatic rings. The number of aliphatic hydroxyl groups excluding tert-OH is 3. The topological polar surface area (TPSA) is 220 Å². The largest absolute Gasteiger partial charge is 0.386 e. The molecule has 0 fully saturated rings. The highest BCUT2D eigenvalue weighted by Gasteiger charge is 2.34. The monoisotopic (exact) mass is 591 g/mol. The van der Waals surface area contributed by atoms with Gasteiger partial charge in [-0.2, -0.15) is 15.1 Å². The van der Waals surface area contributed by atoms with Gasteiger partial charge in [-0.05, 0) is 36.6 Å². The van der Waals surface area contributed by atoms with E-state index in [1.165, 1.54) is 19.2 Å². The first-order chi connectivity index (χ1) is 17.7. The molecule has 7 N–H and O–H groups in total. The summed E-state index contributed by atoms with van der Waals surface area (Å²) in [5, 5.41) is 39.5. The summed E-state index contributed by atoms with van der Waals surface area (Å²) in [6.45, 7) is 2.57. The molecule has 3 aromatic rings. The lowest BCUT2D eigenvalue weighted by atomic mass is 10.0. The molecule has 1 aromatic carbocycles. The zero-order chi connectivity index (χ0) is 28.3. The summed E-state index contributed by atoms with van der Waals surface area (Å²) in [4.78, 5) is 35.8. The van der Waals surface area contributed by atoms with Crippen molar-refractivity contribution in [3.8, 4) is 0 Å². The molecule has 0 saturated heterocycles. The van der Waals surface area contributed by atoms with Crippen molar-refractivity contribution in [2.75, 3.05) is 17.8 Å². The minimum atomic E-state index is -4.85. The Hall–Kier alpha value is -2.22. The van der Waals surface area contributed by atoms with Crippen LogP contribution in [0.2, 0.25) is 5.28 Å². The molecular weight excluding hydrogens is 564 g/mol. The smallest absolute Gasteiger partial charge is 0.340 e. The third-order valence-electron chi connectivity index (χ3n) is 5.51. The van der Waals surface area contributed by atoms with Crippen molar-refractivity contribution in [3.63, 3.8) is 0 Å². The molecule has 208 valence electrons. The number of allylic oxidation sites excluding steroid dienone is 1. The van der Waals surface area contributed by atoms with Gasteiger partial charge in [-0.25, -0.2) is 4.68 Å². The van der Waals surface area contributed by atoms with Gasteiger partial charge in [-0.3, -0.25) is 9.13 Å². The zero-order valence-electron chi connectivity index (χ0n) is 20.2. The number of hydrogen-bond donors (Lipinski definition) is 7. The number of hydrogen-bond acceptors (Lipinski definition) is 10. The minimum Gasteiger partial charge on any atom is -0.386 e. The number of nitrogens with one attached hydrogen (secondary N) is 1. The number of anilines is 1. The molecule has 0 radical (unpaired) electrons. The average Bonchev–Trinajstić information content (AvgIpc) is 3.26. The quantitative estimate of drug-likeness (QED) is 0.0912. The Morgan fingerprint density at radius 2 is 1.82 bits per heavy atom. The highest BCUT2D eigenvalue weighted by Crippen LogP contribution is 2.55. The lowest BCUT2D eigenvalue weighted by molar-refractivity contribution is -0.0845. The first-order valence-electron chi connectivity index (χ1n) is 11.1. The van der Waals surface area contributed by atoms with Crippen LogP contribution < -0.4 is 5.32 Å². The summed E-state index contributed by atoms with van der Waals surface area (Å²) in [5.41, 5.74) is 0.877. The number of fused-ring (bicyclic) bond motifs is 1. The standard InChI is InChI=1S/C21H28ClN5O9P2/c1-3-13(10-36-38(34,35)11-37(31,32)33)16(28)17(29)20(30)27-19-15(9-23-27)18(25-21(22)26-19)24-12(2)14-7-5-4-6-8-14/h3-9,12,16-17,20,28-30H,10-11H2,1-2H3,(H,34,35)(H,24,25,26)(H2,31,32,33)/b13-3-/t12-,16+,17+,20+/m0/s1. The van der Waals surface area contributed by atoms with E-state index < -0.39 is 46.1 Å². The van der Waals surface area contributed by atoms with Crippen LogP contribution in [-0.2, 0) is 13.7 Å². The van der Waals surface area contributed by atoms with E-state index in [2.05, 4.69) is 20.4 Å². The van der Waals surface area contributed by atoms with Crippen LogP contribution in [0.15, 0.2) is 48.2 Å². The Labute approximate surface area is 222 Å². The maximum atomic E-state index is 11.9. The van der Waals surface area contributed by atoms with Gasteiger partial charge in [-0.15, -0.1) is 0 Å². The molecule has 0 spiro atoms. The first-order valence-corrected chi connectivity index (χ1v) is 15.1. The molecule has 5 atom stereocenters. The molecule has 38 heavy (non-hydrogen) atoms. The van der Waals surface area contributed by atoms with Gasteiger partial charge in [0.2, 0.25) is 5.28 Å². The van der Waals surface area contributed by atoms with Crippen molar-refractivity contribution in [2.45, 2.75) is 38.3 Å². The van der Waals surface area contributed by atoms with E-state index in [4.69, 9.17) is 25.9 Å². The van der Waals surface area contributed by atoms with Crippen LogP contribution in [0.4, 0.5) is 5.82 Å². The van der Waals surface area contributed by atoms with Crippen molar-refractivity contribution < 1.29 is 43.7 Å². The Morgan fingerprint density at radius 1 is 1.16 bits per heavy atom. The Morgan fingerprint density at radius 3 is 2.42 bits per heavy atom. The lowest BCUT2D eigenvalue weighted by Gasteiger charge is -2.25. The normalized spacial score (nSPS) is 17.6. The zero-order valence-corrected chi connectivity index (χ0v) is 22.8. The molecule has 3 rings (SSSR count). The molecule has 0 saturated carbocycles. The third-order valence-corrected chi connectivity index (χ3v) is 9.11. The van der Waals surface area contributed by atoms with Gasteiger partial charge in [-0.1, -0.05) is 36.4 Å². The molecular formula is C21H28ClN5O9P2. The van der Waals surface area contributed by atoms with Gasteiger partial charge in [0.1, 0.15) is 18.0 Å². The molecule has 0 aliphatic heterocycles. The predicted molar refractivity (Wildman–Crippen MR) is 139 cm³/mol. The van der Waals surface area contributed by atoms with Crippen LogP contribution in [-0.4, -0.2) is 74.5 Å². The van der Waals surface area contributed by atoms with Gasteiger partial charge in [0.25, 0.3) is 0 Å². The van der Waals surface area contributed by atoms with Gasteiger partial charge in [0.05, 0.1) is 18.2 Å². The summed E-state index contributed by atoms with van der Waals surface area (Å²) in [6, 6.07) is 9.32. The van der Waals surface area contributed by atoms with Crippen molar-refractivity contribution in [2.24, 2.45) is 0 Å². The van der Waals surface area contributed by atoms with Crippen molar-refractivity contribution in [1.29, 1.82) is 0 Å². The summed E-state index contributed by atoms with van der Waals surface area (Å²) in [7, 11) is -9.57. The molecule has 1 unspecified atom stereocenters. The Bertz CT molecular complexity index is 1380. The lowest BCUT2D eigenvalue weighted by Crippen LogP contribution is -2.37. The van der Waals surface area contributed by atoms with Crippen molar-refractivity contribution >= 4 is 43.6 Å². The number of aromatic nitrogens is 4. The number of benzene rings is 1. The summed E-state index contributed by atoms with van der Waals surface area (Å²) >= 11 is 6.10. The number of nitrogens with zero attached hydrogens (tertiary/aromatic N) is 4. The molecule has 0 amide bonds. The molecule has 14 nitrogen and oxygen atoms in total. The first kappa shape index (κ1) is 30.3. The second-order valence-corrected chi connectivity index (χ2v) is 12.7. The molecule has 0 aliphatic carbocycles. The fourth-order valence-electron chi connectivity index (χ4n) is 3.55. The summed E-state index contributed by atoms with van der Waals surface area (Å²) in [6.07, 6.45) is -3.01. The number of aliphatic hydroxyl groups is 3. The van der Waals surface area contributed by atoms with E-state index in [-0.39, 0.29) is 22.5 Å². The van der Waals surface area contributed by atoms with Crippen LogP contribution >= 0.6 is 26.8 Å². The highest BCUT2D eigenvalue weighted by molar-refractivity contribution is 7.70. The predicted octanol–water partition coefficient (Wildman–Crippen LogP) is 2.15. The second-order valence-electron chi connectivity index (χ2n) is 8.37. The molecule has 2 heterocycles. The molecule has 0 bridgehead atoms. The van der Waals surface area contributed by atoms with Gasteiger partial charge >= 0.3 is 15.2 Å². The average molecular weight is 592 g/mol. The van der Waals surface area contributed by atoms with E-state index in [0.717, 1.165) is 10.2 Å². The van der Waals surface area contributed by atoms with Crippen LogP contribution in [0.25, 0.3) is 11.0 Å². The summed E-state index contributed by atoms with van der Waals surface area (Å²) < 4.78 is 28.6. The molecule has 2 aromatic heterocycles. The van der Waals surface area contributed by atoms with Crippen LogP contribution in [0.5, 0.6) is 0 Å². The minimum absolute atomic E-state index is 0.0475. The Kier molecular flexibility index (Phi) is 9.82. The maximum absolute atomic E-state index is 11.9. The fraction of sp³-hybridized carbons (Fsp3) is 0.381. The molecule has 17 heteroatoms. The fourth-order valence-corrected chi connectivity index (χ4v) is 6.25. The van der Waals surface area contributed by atoms with E-state index >= 15 is 0 Å². The van der Waals surface area contributed by atoms with E-state index in [1.54, 1.807) is 0 Å². The van der Waals surface area contributed by atoms with E-state index in [0.29, 0.717) is 11.2 Å². The maximum Gasteiger partial charge on any atom is 0.340 e. The third kappa shape index (κ3) is 7.67. The van der Waals surface area contributed by atoms with Crippen LogP contribution in [0.1, 0.15) is 31.7 Å². The van der Waals surface area contributed by atoms with E-state index in [9.17, 15) is 29.3 Å². The number of halogens is 1. The van der Waals surface area contributed by atoms with E-state index in [1.807, 2.05) is 37.3 Å². The van der Waals surface area contributed by atoms with Gasteiger partial charge in [0, 0.05) is 6.04 Å². The van der Waals surface area contributed by atoms with Crippen LogP contribution in [0.3, 0.4) is 0 Å².